The molecule has 0 aromatic heterocycles. The number of nitrogens with zero attached hydrogens (tertiary/aromatic N) is 1. The maximum absolute atomic E-state index is 10.00. The van der Waals surface area contributed by atoms with Crippen LogP contribution in [0.4, 0.5) is 0 Å². The van der Waals surface area contributed by atoms with Gasteiger partial charge in [-0.15, -0.1) is 0 Å². The van der Waals surface area contributed by atoms with Gasteiger partial charge in [0.25, 0.3) is 0 Å². The van der Waals surface area contributed by atoms with E-state index in [9.17, 15) is 5.11 Å². The van der Waals surface area contributed by atoms with E-state index in [-0.39, 0.29) is 11.1 Å². The van der Waals surface area contributed by atoms with E-state index >= 15 is 0 Å². The zero-order valence-corrected chi connectivity index (χ0v) is 14.3. The van der Waals surface area contributed by atoms with Crippen LogP contribution in [0.25, 0.3) is 0 Å². The van der Waals surface area contributed by atoms with Gasteiger partial charge >= 0.3 is 0 Å². The summed E-state index contributed by atoms with van der Waals surface area (Å²) in [6.45, 7) is 2.39. The number of halogens is 1. The highest BCUT2D eigenvalue weighted by Crippen LogP contribution is 2.41. The third-order valence-electron chi connectivity index (χ3n) is 3.19. The molecule has 1 aliphatic heterocycles. The Hall–Kier alpha value is -1.66. The lowest BCUT2D eigenvalue weighted by Gasteiger charge is -2.14. The molecule has 1 heterocycles. The molecule has 0 unspecified atom stereocenters. The van der Waals surface area contributed by atoms with E-state index in [0.717, 1.165) is 16.2 Å². The minimum Gasteiger partial charge on any atom is -0.503 e. The zero-order valence-electron chi connectivity index (χ0n) is 11.9. The monoisotopic (exact) mass is 378 g/mol. The lowest BCUT2D eigenvalue weighted by molar-refractivity contribution is 0.316. The molecule has 2 aromatic carbocycles. The molecule has 0 spiro atoms. The van der Waals surface area contributed by atoms with Gasteiger partial charge in [-0.2, -0.15) is 5.10 Å². The van der Waals surface area contributed by atoms with Gasteiger partial charge in [-0.3, -0.25) is 5.43 Å². The van der Waals surface area contributed by atoms with Gasteiger partial charge in [0, 0.05) is 5.56 Å². The summed E-state index contributed by atoms with van der Waals surface area (Å²) in [6, 6.07) is 13.8. The molecule has 0 radical (unpaired) electrons. The van der Waals surface area contributed by atoms with Gasteiger partial charge < -0.3 is 9.84 Å². The molecule has 0 fully saturated rings. The molecular formula is C16H15BrN2O2S. The fourth-order valence-corrected chi connectivity index (χ4v) is 3.59. The van der Waals surface area contributed by atoms with E-state index in [1.54, 1.807) is 11.8 Å². The van der Waals surface area contributed by atoms with Gasteiger partial charge in [-0.25, -0.2) is 0 Å². The van der Waals surface area contributed by atoms with Gasteiger partial charge in [-0.05, 0) is 40.5 Å². The van der Waals surface area contributed by atoms with Crippen LogP contribution in [0.15, 0.2) is 52.0 Å². The molecule has 0 aliphatic carbocycles. The third kappa shape index (κ3) is 3.08. The summed E-state index contributed by atoms with van der Waals surface area (Å²) in [4.78, 5) is 0. The topological polar surface area (TPSA) is 53.8 Å². The Morgan fingerprint density at radius 1 is 1.32 bits per heavy atom. The molecule has 6 heteroatoms. The number of thioether (sulfide) groups is 1. The largest absolute Gasteiger partial charge is 0.503 e. The van der Waals surface area contributed by atoms with E-state index in [0.29, 0.717) is 16.8 Å². The molecule has 0 bridgehead atoms. The standard InChI is InChI=1S/C16H15BrN2O2S/c1-2-21-13-9-11(8-12(17)14(13)20)16-19-18-15(22-16)10-6-4-3-5-7-10/h3-9,16,19-20H,2H2,1H3/t16-/m1/s1. The molecule has 114 valence electrons. The first kappa shape index (κ1) is 15.2. The van der Waals surface area contributed by atoms with Crippen molar-refractivity contribution in [2.75, 3.05) is 6.61 Å². The molecule has 1 aliphatic rings. The van der Waals surface area contributed by atoms with Crippen LogP contribution in [-0.4, -0.2) is 16.8 Å². The van der Waals surface area contributed by atoms with Crippen molar-refractivity contribution in [3.63, 3.8) is 0 Å². The van der Waals surface area contributed by atoms with Crippen LogP contribution in [-0.2, 0) is 0 Å². The molecule has 2 aromatic rings. The maximum atomic E-state index is 10.00. The van der Waals surface area contributed by atoms with Crippen LogP contribution < -0.4 is 10.2 Å². The quantitative estimate of drug-likeness (QED) is 0.834. The van der Waals surface area contributed by atoms with Crippen LogP contribution in [0.2, 0.25) is 0 Å². The summed E-state index contributed by atoms with van der Waals surface area (Å²) < 4.78 is 6.09. The molecular weight excluding hydrogens is 364 g/mol. The summed E-state index contributed by atoms with van der Waals surface area (Å²) in [5.74, 6) is 0.597. The van der Waals surface area contributed by atoms with Gasteiger partial charge in [0.15, 0.2) is 11.5 Å². The summed E-state index contributed by atoms with van der Waals surface area (Å²) in [6.07, 6.45) is 0. The average Bonchev–Trinajstić information content (AvgIpc) is 3.02. The van der Waals surface area contributed by atoms with Crippen molar-refractivity contribution in [3.8, 4) is 11.5 Å². The lowest BCUT2D eigenvalue weighted by Crippen LogP contribution is -2.07. The Kier molecular flexibility index (Phi) is 4.59. The van der Waals surface area contributed by atoms with Crippen molar-refractivity contribution >= 4 is 32.7 Å². The molecule has 2 N–H and O–H groups in total. The number of aromatic hydroxyl groups is 1. The molecule has 22 heavy (non-hydrogen) atoms. The predicted molar refractivity (Wildman–Crippen MR) is 93.4 cm³/mol. The Bertz CT molecular complexity index is 707. The van der Waals surface area contributed by atoms with Gasteiger partial charge in [0.2, 0.25) is 0 Å². The summed E-state index contributed by atoms with van der Waals surface area (Å²) >= 11 is 5.01. The summed E-state index contributed by atoms with van der Waals surface area (Å²) in [7, 11) is 0. The number of ether oxygens (including phenoxy) is 1. The number of nitrogens with one attached hydrogen (secondary N) is 1. The maximum Gasteiger partial charge on any atom is 0.172 e. The minimum absolute atomic E-state index is 0.00804. The highest BCUT2D eigenvalue weighted by molar-refractivity contribution is 9.10. The lowest BCUT2D eigenvalue weighted by atomic mass is 10.2. The van der Waals surface area contributed by atoms with E-state index in [1.807, 2.05) is 49.4 Å². The number of hydrazone groups is 1. The Morgan fingerprint density at radius 2 is 2.09 bits per heavy atom. The van der Waals surface area contributed by atoms with Crippen LogP contribution >= 0.6 is 27.7 Å². The van der Waals surface area contributed by atoms with E-state index in [4.69, 9.17) is 4.74 Å². The molecule has 0 amide bonds. The number of rotatable bonds is 4. The van der Waals surface area contributed by atoms with Crippen LogP contribution in [0, 0.1) is 0 Å². The Labute approximate surface area is 141 Å². The van der Waals surface area contributed by atoms with Crippen LogP contribution in [0.1, 0.15) is 23.4 Å². The first-order valence-corrected chi connectivity index (χ1v) is 8.56. The van der Waals surface area contributed by atoms with Gasteiger partial charge in [-0.1, -0.05) is 42.1 Å². The zero-order chi connectivity index (χ0) is 15.5. The Balaban J connectivity index is 1.82. The predicted octanol–water partition coefficient (Wildman–Crippen LogP) is 4.25. The van der Waals surface area contributed by atoms with Crippen molar-refractivity contribution in [1.82, 2.24) is 5.43 Å². The third-order valence-corrected chi connectivity index (χ3v) is 4.95. The second-order valence-electron chi connectivity index (χ2n) is 4.69. The fourth-order valence-electron chi connectivity index (χ4n) is 2.15. The highest BCUT2D eigenvalue weighted by Gasteiger charge is 2.24. The number of phenolic OH excluding ortho intramolecular Hbond substituents is 1. The van der Waals surface area contributed by atoms with Crippen LogP contribution in [0.5, 0.6) is 11.5 Å². The number of hydrogen-bond acceptors (Lipinski definition) is 5. The van der Waals surface area contributed by atoms with E-state index < -0.39 is 0 Å². The van der Waals surface area contributed by atoms with E-state index in [1.165, 1.54) is 0 Å². The highest BCUT2D eigenvalue weighted by atomic mass is 79.9. The minimum atomic E-state index is -0.00804. The summed E-state index contributed by atoms with van der Waals surface area (Å²) in [5.41, 5.74) is 5.21. The number of hydrogen-bond donors (Lipinski definition) is 2. The van der Waals surface area contributed by atoms with Crippen molar-refractivity contribution in [1.29, 1.82) is 0 Å². The first-order chi connectivity index (χ1) is 10.7. The van der Waals surface area contributed by atoms with Crippen LogP contribution in [0.3, 0.4) is 0 Å². The van der Waals surface area contributed by atoms with Crippen molar-refractivity contribution in [2.45, 2.75) is 12.3 Å². The smallest absolute Gasteiger partial charge is 0.172 e. The molecule has 3 rings (SSSR count). The van der Waals surface area contributed by atoms with Crippen molar-refractivity contribution in [2.24, 2.45) is 5.10 Å². The molecule has 1 atom stereocenters. The number of benzene rings is 2. The second-order valence-corrected chi connectivity index (χ2v) is 6.64. The number of phenols is 1. The SMILES string of the molecule is CCOc1cc([C@@H]2NN=C(c3ccccc3)S2)cc(Br)c1O. The van der Waals surface area contributed by atoms with Crippen molar-refractivity contribution in [3.05, 3.63) is 58.1 Å². The van der Waals surface area contributed by atoms with Gasteiger partial charge in [0.1, 0.15) is 10.4 Å². The molecule has 0 saturated heterocycles. The van der Waals surface area contributed by atoms with Gasteiger partial charge in [0.05, 0.1) is 11.1 Å². The summed E-state index contributed by atoms with van der Waals surface area (Å²) in [5, 5.41) is 15.3. The fraction of sp³-hybridized carbons (Fsp3) is 0.188. The second kappa shape index (κ2) is 6.62. The van der Waals surface area contributed by atoms with Crippen molar-refractivity contribution < 1.29 is 9.84 Å². The Morgan fingerprint density at radius 3 is 2.82 bits per heavy atom. The average molecular weight is 379 g/mol. The first-order valence-electron chi connectivity index (χ1n) is 6.89. The molecule has 0 saturated carbocycles. The molecule has 4 nitrogen and oxygen atoms in total. The van der Waals surface area contributed by atoms with E-state index in [2.05, 4.69) is 26.5 Å². The normalized spacial score (nSPS) is 17.0.